The Morgan fingerprint density at radius 2 is 2.00 bits per heavy atom. The molecule has 0 saturated carbocycles. The van der Waals surface area contributed by atoms with Gasteiger partial charge >= 0.3 is 0 Å². The Bertz CT molecular complexity index is 445. The van der Waals surface area contributed by atoms with Crippen LogP contribution in [-0.2, 0) is 6.42 Å². The average molecular weight is 278 g/mol. The van der Waals surface area contributed by atoms with E-state index in [1.807, 2.05) is 18.3 Å². The number of hydrogen-bond donors (Lipinski definition) is 1. The van der Waals surface area contributed by atoms with Crippen LogP contribution in [0.2, 0.25) is 0 Å². The summed E-state index contributed by atoms with van der Waals surface area (Å²) in [7, 11) is 0. The molecule has 2 rings (SSSR count). The summed E-state index contributed by atoms with van der Waals surface area (Å²) in [5.41, 5.74) is 2.30. The largest absolute Gasteiger partial charge is 0.384 e. The van der Waals surface area contributed by atoms with Gasteiger partial charge in [-0.3, -0.25) is 9.97 Å². The Balaban J connectivity index is 1.87. The molecule has 16 heavy (non-hydrogen) atoms. The maximum absolute atomic E-state index is 4.08. The molecule has 0 amide bonds. The molecule has 0 bridgehead atoms. The van der Waals surface area contributed by atoms with Crippen molar-refractivity contribution in [2.45, 2.75) is 6.42 Å². The molecule has 3 nitrogen and oxygen atoms in total. The molecule has 0 aliphatic carbocycles. The van der Waals surface area contributed by atoms with Crippen molar-refractivity contribution in [3.05, 3.63) is 53.0 Å². The molecule has 0 aliphatic rings. The fourth-order valence-corrected chi connectivity index (χ4v) is 1.80. The summed E-state index contributed by atoms with van der Waals surface area (Å²) in [4.78, 5) is 8.10. The Labute approximate surface area is 103 Å². The zero-order chi connectivity index (χ0) is 11.2. The summed E-state index contributed by atoms with van der Waals surface area (Å²) in [6, 6.07) is 5.99. The van der Waals surface area contributed by atoms with Gasteiger partial charge in [-0.25, -0.2) is 0 Å². The smallest absolute Gasteiger partial charge is 0.0590 e. The third-order valence-corrected chi connectivity index (χ3v) is 2.86. The second-order valence-corrected chi connectivity index (χ2v) is 4.25. The second-order valence-electron chi connectivity index (χ2n) is 3.39. The van der Waals surface area contributed by atoms with Gasteiger partial charge in [0, 0.05) is 31.3 Å². The molecule has 0 saturated heterocycles. The number of pyridine rings is 2. The summed E-state index contributed by atoms with van der Waals surface area (Å²) < 4.78 is 0.987. The molecular weight excluding hydrogens is 266 g/mol. The minimum atomic E-state index is 0.883. The molecule has 4 heteroatoms. The topological polar surface area (TPSA) is 37.8 Å². The summed E-state index contributed by atoms with van der Waals surface area (Å²) >= 11 is 3.45. The lowest BCUT2D eigenvalue weighted by atomic mass is 10.2. The van der Waals surface area contributed by atoms with E-state index in [0.29, 0.717) is 0 Å². The maximum Gasteiger partial charge on any atom is 0.0590 e. The van der Waals surface area contributed by atoms with Crippen LogP contribution in [0.15, 0.2) is 47.5 Å². The molecule has 0 spiro atoms. The monoisotopic (exact) mass is 277 g/mol. The highest BCUT2D eigenvalue weighted by molar-refractivity contribution is 9.10. The van der Waals surface area contributed by atoms with Crippen LogP contribution in [0, 0.1) is 0 Å². The lowest BCUT2D eigenvalue weighted by Crippen LogP contribution is -2.05. The zero-order valence-corrected chi connectivity index (χ0v) is 10.3. The highest BCUT2D eigenvalue weighted by atomic mass is 79.9. The van der Waals surface area contributed by atoms with Gasteiger partial charge in [0.05, 0.1) is 10.2 Å². The van der Waals surface area contributed by atoms with E-state index in [2.05, 4.69) is 37.3 Å². The van der Waals surface area contributed by atoms with E-state index in [-0.39, 0.29) is 0 Å². The molecule has 0 atom stereocenters. The number of nitrogens with one attached hydrogen (secondary N) is 1. The molecular formula is C12H12BrN3. The molecule has 82 valence electrons. The van der Waals surface area contributed by atoms with Crippen molar-refractivity contribution in [3.63, 3.8) is 0 Å². The van der Waals surface area contributed by atoms with Crippen LogP contribution in [0.3, 0.4) is 0 Å². The van der Waals surface area contributed by atoms with Crippen LogP contribution < -0.4 is 5.32 Å². The predicted octanol–water partition coefficient (Wildman–Crippen LogP) is 2.89. The van der Waals surface area contributed by atoms with Gasteiger partial charge in [0.15, 0.2) is 0 Å². The molecule has 2 heterocycles. The van der Waals surface area contributed by atoms with Crippen LogP contribution in [-0.4, -0.2) is 16.5 Å². The van der Waals surface area contributed by atoms with Crippen molar-refractivity contribution < 1.29 is 0 Å². The van der Waals surface area contributed by atoms with E-state index in [0.717, 1.165) is 23.1 Å². The number of nitrogens with zero attached hydrogens (tertiary/aromatic N) is 2. The Morgan fingerprint density at radius 3 is 2.75 bits per heavy atom. The van der Waals surface area contributed by atoms with E-state index in [1.54, 1.807) is 18.6 Å². The van der Waals surface area contributed by atoms with Crippen molar-refractivity contribution >= 4 is 21.6 Å². The quantitative estimate of drug-likeness (QED) is 0.934. The number of aromatic nitrogens is 2. The molecule has 2 aromatic heterocycles. The first-order chi connectivity index (χ1) is 7.86. The van der Waals surface area contributed by atoms with E-state index in [1.165, 1.54) is 5.56 Å². The van der Waals surface area contributed by atoms with E-state index in [9.17, 15) is 0 Å². The minimum absolute atomic E-state index is 0.883. The third-order valence-electron chi connectivity index (χ3n) is 2.22. The predicted molar refractivity (Wildman–Crippen MR) is 68.4 cm³/mol. The maximum atomic E-state index is 4.08. The van der Waals surface area contributed by atoms with Gasteiger partial charge in [0.25, 0.3) is 0 Å². The SMILES string of the molecule is Brc1cnccc1NCCc1cccnc1. The normalized spacial score (nSPS) is 10.1. The summed E-state index contributed by atoms with van der Waals surface area (Å²) in [5.74, 6) is 0. The minimum Gasteiger partial charge on any atom is -0.384 e. The highest BCUT2D eigenvalue weighted by Gasteiger charge is 1.97. The molecule has 0 fully saturated rings. The van der Waals surface area contributed by atoms with E-state index < -0.39 is 0 Å². The first-order valence-corrected chi connectivity index (χ1v) is 5.88. The molecule has 0 unspecified atom stereocenters. The van der Waals surface area contributed by atoms with E-state index >= 15 is 0 Å². The van der Waals surface area contributed by atoms with Crippen LogP contribution in [0.1, 0.15) is 5.56 Å². The van der Waals surface area contributed by atoms with Crippen molar-refractivity contribution in [2.75, 3.05) is 11.9 Å². The van der Waals surface area contributed by atoms with Crippen LogP contribution >= 0.6 is 15.9 Å². The summed E-state index contributed by atoms with van der Waals surface area (Å²) in [6.07, 6.45) is 8.20. The van der Waals surface area contributed by atoms with Gasteiger partial charge in [-0.05, 0) is 40.0 Å². The summed E-state index contributed by atoms with van der Waals surface area (Å²) in [6.45, 7) is 0.883. The van der Waals surface area contributed by atoms with Gasteiger partial charge in [-0.1, -0.05) is 6.07 Å². The Kier molecular flexibility index (Phi) is 3.88. The van der Waals surface area contributed by atoms with Gasteiger partial charge < -0.3 is 5.32 Å². The second kappa shape index (κ2) is 5.61. The van der Waals surface area contributed by atoms with Gasteiger partial charge in [0.1, 0.15) is 0 Å². The van der Waals surface area contributed by atoms with E-state index in [4.69, 9.17) is 0 Å². The summed E-state index contributed by atoms with van der Waals surface area (Å²) in [5, 5.41) is 3.35. The number of anilines is 1. The molecule has 0 aliphatic heterocycles. The first-order valence-electron chi connectivity index (χ1n) is 5.08. The van der Waals surface area contributed by atoms with Gasteiger partial charge in [0.2, 0.25) is 0 Å². The molecule has 2 aromatic rings. The zero-order valence-electron chi connectivity index (χ0n) is 8.73. The van der Waals surface area contributed by atoms with Crippen LogP contribution in [0.5, 0.6) is 0 Å². The van der Waals surface area contributed by atoms with Crippen molar-refractivity contribution in [3.8, 4) is 0 Å². The lowest BCUT2D eigenvalue weighted by molar-refractivity contribution is 1.00. The Hall–Kier alpha value is -1.42. The number of halogens is 1. The standard InChI is InChI=1S/C12H12BrN3/c13-11-9-15-6-4-12(11)16-7-3-10-2-1-5-14-8-10/h1-2,4-6,8-9H,3,7H2,(H,15,16). The van der Waals surface area contributed by atoms with Crippen molar-refractivity contribution in [1.29, 1.82) is 0 Å². The highest BCUT2D eigenvalue weighted by Crippen LogP contribution is 2.19. The van der Waals surface area contributed by atoms with Gasteiger partial charge in [-0.15, -0.1) is 0 Å². The number of hydrogen-bond acceptors (Lipinski definition) is 3. The van der Waals surface area contributed by atoms with Crippen LogP contribution in [0.4, 0.5) is 5.69 Å². The Morgan fingerprint density at radius 1 is 1.12 bits per heavy atom. The lowest BCUT2D eigenvalue weighted by Gasteiger charge is -2.07. The number of rotatable bonds is 4. The van der Waals surface area contributed by atoms with Crippen LogP contribution in [0.25, 0.3) is 0 Å². The molecule has 0 radical (unpaired) electrons. The van der Waals surface area contributed by atoms with Gasteiger partial charge in [-0.2, -0.15) is 0 Å². The van der Waals surface area contributed by atoms with Crippen molar-refractivity contribution in [1.82, 2.24) is 9.97 Å². The third kappa shape index (κ3) is 3.03. The molecule has 1 N–H and O–H groups in total. The fraction of sp³-hybridized carbons (Fsp3) is 0.167. The molecule has 0 aromatic carbocycles. The average Bonchev–Trinajstić information content (AvgIpc) is 2.33. The van der Waals surface area contributed by atoms with Crippen molar-refractivity contribution in [2.24, 2.45) is 0 Å². The first kappa shape index (κ1) is 11.1. The fourth-order valence-electron chi connectivity index (χ4n) is 1.41.